The van der Waals surface area contributed by atoms with Crippen LogP contribution in [0, 0.1) is 0 Å². The number of benzene rings is 1. The van der Waals surface area contributed by atoms with Crippen molar-refractivity contribution in [3.63, 3.8) is 0 Å². The highest BCUT2D eigenvalue weighted by Crippen LogP contribution is 2.33. The van der Waals surface area contributed by atoms with Gasteiger partial charge in [-0.15, -0.1) is 0 Å². The number of nitrogens with one attached hydrogen (secondary N) is 1. The molecule has 3 heterocycles. The predicted octanol–water partition coefficient (Wildman–Crippen LogP) is 2.49. The molecule has 140 valence electrons. The first-order valence-electron chi connectivity index (χ1n) is 9.85. The highest BCUT2D eigenvalue weighted by atomic mass is 16.5. The van der Waals surface area contributed by atoms with Crippen molar-refractivity contribution in [2.24, 2.45) is 0 Å². The van der Waals surface area contributed by atoms with Crippen LogP contribution in [-0.2, 0) is 16.1 Å². The number of rotatable bonds is 6. The number of amides is 1. The molecule has 26 heavy (non-hydrogen) atoms. The average molecular weight is 356 g/mol. The van der Waals surface area contributed by atoms with E-state index >= 15 is 0 Å². The summed E-state index contributed by atoms with van der Waals surface area (Å²) in [7, 11) is 0. The number of ether oxygens (including phenoxy) is 1. The maximum atomic E-state index is 12.8. The van der Waals surface area contributed by atoms with Gasteiger partial charge in [0.1, 0.15) is 5.82 Å². The first-order chi connectivity index (χ1) is 12.8. The molecule has 2 aliphatic rings. The maximum Gasteiger partial charge on any atom is 0.237 e. The maximum absolute atomic E-state index is 12.8. The molecule has 0 bridgehead atoms. The normalized spacial score (nSPS) is 23.2. The van der Waals surface area contributed by atoms with Crippen molar-refractivity contribution in [3.05, 3.63) is 30.1 Å². The standard InChI is InChI=1S/C20H28N4O2/c1-2-23-17-9-4-3-8-16(17)22-20(23)18-10-5-11-24(18)19(25)14-21-13-15-7-6-12-26-15/h3-4,8-9,15,18,21H,2,5-7,10-14H2,1H3/t15-,18+/m1/s1. The Kier molecular flexibility index (Phi) is 5.22. The lowest BCUT2D eigenvalue weighted by molar-refractivity contribution is -0.131. The molecule has 4 rings (SSSR count). The molecule has 6 heteroatoms. The van der Waals surface area contributed by atoms with Gasteiger partial charge in [-0.05, 0) is 44.7 Å². The SMILES string of the molecule is CCn1c([C@@H]2CCCN2C(=O)CNC[C@H]2CCCO2)nc2ccccc21. The number of likely N-dealkylation sites (tertiary alicyclic amines) is 1. The smallest absolute Gasteiger partial charge is 0.237 e. The zero-order valence-corrected chi connectivity index (χ0v) is 15.5. The third kappa shape index (κ3) is 3.35. The molecule has 1 N–H and O–H groups in total. The highest BCUT2D eigenvalue weighted by molar-refractivity contribution is 5.80. The Hall–Kier alpha value is -1.92. The van der Waals surface area contributed by atoms with E-state index in [2.05, 4.69) is 28.9 Å². The molecule has 0 spiro atoms. The van der Waals surface area contributed by atoms with Crippen LogP contribution in [0.25, 0.3) is 11.0 Å². The predicted molar refractivity (Wildman–Crippen MR) is 101 cm³/mol. The zero-order valence-electron chi connectivity index (χ0n) is 15.5. The number of fused-ring (bicyclic) bond motifs is 1. The molecule has 0 aliphatic carbocycles. The second-order valence-corrected chi connectivity index (χ2v) is 7.21. The van der Waals surface area contributed by atoms with Crippen LogP contribution >= 0.6 is 0 Å². The van der Waals surface area contributed by atoms with Gasteiger partial charge in [-0.1, -0.05) is 12.1 Å². The van der Waals surface area contributed by atoms with Gasteiger partial charge in [0.25, 0.3) is 0 Å². The molecule has 0 unspecified atom stereocenters. The fraction of sp³-hybridized carbons (Fsp3) is 0.600. The van der Waals surface area contributed by atoms with Crippen LogP contribution in [0.15, 0.2) is 24.3 Å². The van der Waals surface area contributed by atoms with Gasteiger partial charge in [0, 0.05) is 26.2 Å². The van der Waals surface area contributed by atoms with Crippen LogP contribution in [0.2, 0.25) is 0 Å². The molecule has 2 atom stereocenters. The number of para-hydroxylation sites is 2. The molecule has 1 aromatic carbocycles. The molecule has 1 aromatic heterocycles. The van der Waals surface area contributed by atoms with Crippen LogP contribution in [0.3, 0.4) is 0 Å². The molecule has 2 saturated heterocycles. The Balaban J connectivity index is 1.46. The van der Waals surface area contributed by atoms with E-state index in [0.717, 1.165) is 68.8 Å². The molecule has 6 nitrogen and oxygen atoms in total. The van der Waals surface area contributed by atoms with Crippen molar-refractivity contribution >= 4 is 16.9 Å². The minimum Gasteiger partial charge on any atom is -0.377 e. The molecule has 0 saturated carbocycles. The van der Waals surface area contributed by atoms with Crippen LogP contribution < -0.4 is 5.32 Å². The van der Waals surface area contributed by atoms with Gasteiger partial charge < -0.3 is 19.5 Å². The van der Waals surface area contributed by atoms with Crippen molar-refractivity contribution in [2.75, 3.05) is 26.2 Å². The molecule has 1 amide bonds. The van der Waals surface area contributed by atoms with Gasteiger partial charge >= 0.3 is 0 Å². The first kappa shape index (κ1) is 17.5. The van der Waals surface area contributed by atoms with E-state index in [1.54, 1.807) is 0 Å². The van der Waals surface area contributed by atoms with E-state index in [1.807, 2.05) is 17.0 Å². The van der Waals surface area contributed by atoms with Gasteiger partial charge in [-0.25, -0.2) is 4.98 Å². The van der Waals surface area contributed by atoms with Crippen molar-refractivity contribution in [2.45, 2.75) is 51.3 Å². The topological polar surface area (TPSA) is 59.4 Å². The van der Waals surface area contributed by atoms with Crippen LogP contribution in [-0.4, -0.2) is 52.7 Å². The molecule has 0 radical (unpaired) electrons. The van der Waals surface area contributed by atoms with E-state index in [0.29, 0.717) is 6.54 Å². The van der Waals surface area contributed by atoms with Crippen LogP contribution in [0.5, 0.6) is 0 Å². The Morgan fingerprint density at radius 3 is 3.00 bits per heavy atom. The quantitative estimate of drug-likeness (QED) is 0.864. The lowest BCUT2D eigenvalue weighted by atomic mass is 10.2. The molecule has 2 aliphatic heterocycles. The van der Waals surface area contributed by atoms with E-state index < -0.39 is 0 Å². The number of hydrogen-bond donors (Lipinski definition) is 1. The summed E-state index contributed by atoms with van der Waals surface area (Å²) in [5.74, 6) is 1.19. The third-order valence-electron chi connectivity index (χ3n) is 5.54. The Morgan fingerprint density at radius 1 is 1.31 bits per heavy atom. The van der Waals surface area contributed by atoms with Crippen LogP contribution in [0.4, 0.5) is 0 Å². The summed E-state index contributed by atoms with van der Waals surface area (Å²) in [5, 5.41) is 3.29. The van der Waals surface area contributed by atoms with E-state index in [1.165, 1.54) is 0 Å². The lowest BCUT2D eigenvalue weighted by Gasteiger charge is -2.25. The third-order valence-corrected chi connectivity index (χ3v) is 5.54. The van der Waals surface area contributed by atoms with E-state index in [9.17, 15) is 4.79 Å². The number of hydrogen-bond acceptors (Lipinski definition) is 4. The monoisotopic (exact) mass is 356 g/mol. The summed E-state index contributed by atoms with van der Waals surface area (Å²) < 4.78 is 7.87. The minimum absolute atomic E-state index is 0.0828. The second-order valence-electron chi connectivity index (χ2n) is 7.21. The summed E-state index contributed by atoms with van der Waals surface area (Å²) in [4.78, 5) is 19.7. The average Bonchev–Trinajstić information content (AvgIpc) is 3.39. The molecular weight excluding hydrogens is 328 g/mol. The van der Waals surface area contributed by atoms with Gasteiger partial charge in [-0.2, -0.15) is 0 Å². The van der Waals surface area contributed by atoms with Crippen LogP contribution in [0.1, 0.15) is 44.5 Å². The number of nitrogens with zero attached hydrogens (tertiary/aromatic N) is 3. The number of carbonyl (C=O) groups excluding carboxylic acids is 1. The van der Waals surface area contributed by atoms with Crippen molar-refractivity contribution in [1.82, 2.24) is 19.8 Å². The number of aromatic nitrogens is 2. The summed E-state index contributed by atoms with van der Waals surface area (Å²) in [6, 6.07) is 8.31. The molecule has 2 fully saturated rings. The largest absolute Gasteiger partial charge is 0.377 e. The highest BCUT2D eigenvalue weighted by Gasteiger charge is 2.33. The lowest BCUT2D eigenvalue weighted by Crippen LogP contribution is -2.40. The fourth-order valence-electron chi connectivity index (χ4n) is 4.26. The zero-order chi connectivity index (χ0) is 17.9. The summed E-state index contributed by atoms with van der Waals surface area (Å²) in [6.07, 6.45) is 4.51. The van der Waals surface area contributed by atoms with Gasteiger partial charge in [0.05, 0.1) is 29.7 Å². The van der Waals surface area contributed by atoms with Gasteiger partial charge in [0.15, 0.2) is 0 Å². The fourth-order valence-corrected chi connectivity index (χ4v) is 4.26. The van der Waals surface area contributed by atoms with Crippen molar-refractivity contribution < 1.29 is 9.53 Å². The van der Waals surface area contributed by atoms with Gasteiger partial charge in [0.2, 0.25) is 5.91 Å². The summed E-state index contributed by atoms with van der Waals surface area (Å²) in [6.45, 7) is 5.81. The Bertz CT molecular complexity index is 766. The van der Waals surface area contributed by atoms with E-state index in [-0.39, 0.29) is 18.1 Å². The number of aryl methyl sites for hydroxylation is 1. The Labute approximate surface area is 154 Å². The van der Waals surface area contributed by atoms with Crippen molar-refractivity contribution in [3.8, 4) is 0 Å². The number of carbonyl (C=O) groups is 1. The summed E-state index contributed by atoms with van der Waals surface area (Å²) >= 11 is 0. The molecular formula is C20H28N4O2. The molecule has 2 aromatic rings. The Morgan fingerprint density at radius 2 is 2.19 bits per heavy atom. The van der Waals surface area contributed by atoms with E-state index in [4.69, 9.17) is 9.72 Å². The first-order valence-corrected chi connectivity index (χ1v) is 9.85. The van der Waals surface area contributed by atoms with Gasteiger partial charge in [-0.3, -0.25) is 4.79 Å². The second kappa shape index (κ2) is 7.76. The minimum atomic E-state index is 0.0828. The summed E-state index contributed by atoms with van der Waals surface area (Å²) in [5.41, 5.74) is 2.17. The van der Waals surface area contributed by atoms with Crippen molar-refractivity contribution in [1.29, 1.82) is 0 Å². The number of imidazole rings is 1.